The molecule has 0 spiro atoms. The zero-order chi connectivity index (χ0) is 14.4. The van der Waals surface area contributed by atoms with Crippen LogP contribution in [0.5, 0.6) is 11.5 Å². The van der Waals surface area contributed by atoms with Crippen LogP contribution in [0.25, 0.3) is 0 Å². The zero-order valence-corrected chi connectivity index (χ0v) is 11.9. The predicted molar refractivity (Wildman–Crippen MR) is 80.7 cm³/mol. The van der Waals surface area contributed by atoms with Crippen molar-refractivity contribution >= 4 is 11.6 Å². The van der Waals surface area contributed by atoms with Gasteiger partial charge in [-0.15, -0.1) is 0 Å². The molecular formula is C15H19N3O2. The second kappa shape index (κ2) is 6.65. The molecule has 0 atom stereocenters. The summed E-state index contributed by atoms with van der Waals surface area (Å²) in [4.78, 5) is 4.40. The Balaban J connectivity index is 2.06. The molecule has 2 rings (SSSR count). The first-order valence-electron chi connectivity index (χ1n) is 6.36. The predicted octanol–water partition coefficient (Wildman–Crippen LogP) is 2.75. The van der Waals surface area contributed by atoms with E-state index in [0.29, 0.717) is 6.54 Å². The monoisotopic (exact) mass is 273 g/mol. The molecule has 0 aliphatic carbocycles. The third-order valence-corrected chi connectivity index (χ3v) is 2.93. The van der Waals surface area contributed by atoms with Gasteiger partial charge in [0.05, 0.1) is 14.2 Å². The minimum Gasteiger partial charge on any atom is -0.493 e. The van der Waals surface area contributed by atoms with Crippen LogP contribution in [0, 0.1) is 0 Å². The SMILES string of the molecule is CNc1cccc(NCc2ccc(OC)c(OC)c2)n1. The lowest BCUT2D eigenvalue weighted by atomic mass is 10.2. The molecule has 0 radical (unpaired) electrons. The first-order chi connectivity index (χ1) is 9.76. The molecule has 2 N–H and O–H groups in total. The van der Waals surface area contributed by atoms with Gasteiger partial charge < -0.3 is 20.1 Å². The number of aromatic nitrogens is 1. The van der Waals surface area contributed by atoms with Crippen LogP contribution in [0.4, 0.5) is 11.6 Å². The number of hydrogen-bond donors (Lipinski definition) is 2. The van der Waals surface area contributed by atoms with E-state index in [-0.39, 0.29) is 0 Å². The van der Waals surface area contributed by atoms with Gasteiger partial charge in [0, 0.05) is 13.6 Å². The Bertz CT molecular complexity index is 573. The number of methoxy groups -OCH3 is 2. The van der Waals surface area contributed by atoms with Gasteiger partial charge in [-0.05, 0) is 29.8 Å². The van der Waals surface area contributed by atoms with Gasteiger partial charge in [0.25, 0.3) is 0 Å². The first-order valence-corrected chi connectivity index (χ1v) is 6.36. The largest absolute Gasteiger partial charge is 0.493 e. The molecule has 1 aromatic heterocycles. The van der Waals surface area contributed by atoms with Gasteiger partial charge in [-0.3, -0.25) is 0 Å². The Labute approximate surface area is 118 Å². The molecule has 0 saturated carbocycles. The quantitative estimate of drug-likeness (QED) is 0.847. The summed E-state index contributed by atoms with van der Waals surface area (Å²) in [5, 5.41) is 6.29. The van der Waals surface area contributed by atoms with Gasteiger partial charge in [0.1, 0.15) is 11.6 Å². The number of hydrogen-bond acceptors (Lipinski definition) is 5. The second-order valence-electron chi connectivity index (χ2n) is 4.20. The Hall–Kier alpha value is -2.43. The fourth-order valence-electron chi connectivity index (χ4n) is 1.86. The summed E-state index contributed by atoms with van der Waals surface area (Å²) < 4.78 is 10.5. The van der Waals surface area contributed by atoms with Crippen molar-refractivity contribution in [2.75, 3.05) is 31.9 Å². The van der Waals surface area contributed by atoms with Gasteiger partial charge in [-0.2, -0.15) is 0 Å². The lowest BCUT2D eigenvalue weighted by molar-refractivity contribution is 0.354. The molecule has 0 aliphatic heterocycles. The molecule has 0 bridgehead atoms. The average molecular weight is 273 g/mol. The highest BCUT2D eigenvalue weighted by atomic mass is 16.5. The van der Waals surface area contributed by atoms with E-state index in [1.165, 1.54) is 0 Å². The molecule has 1 aromatic carbocycles. The summed E-state index contributed by atoms with van der Waals surface area (Å²) >= 11 is 0. The highest BCUT2D eigenvalue weighted by Crippen LogP contribution is 2.27. The lowest BCUT2D eigenvalue weighted by Gasteiger charge is -2.11. The Morgan fingerprint density at radius 1 is 1.00 bits per heavy atom. The van der Waals surface area contributed by atoms with Crippen LogP contribution in [0.2, 0.25) is 0 Å². The van der Waals surface area contributed by atoms with Crippen LogP contribution < -0.4 is 20.1 Å². The van der Waals surface area contributed by atoms with Crippen molar-refractivity contribution < 1.29 is 9.47 Å². The number of pyridine rings is 1. The zero-order valence-electron chi connectivity index (χ0n) is 11.9. The van der Waals surface area contributed by atoms with E-state index in [1.807, 2.05) is 43.4 Å². The van der Waals surface area contributed by atoms with Crippen molar-refractivity contribution in [3.63, 3.8) is 0 Å². The van der Waals surface area contributed by atoms with Crippen molar-refractivity contribution in [1.82, 2.24) is 4.98 Å². The molecule has 0 unspecified atom stereocenters. The Morgan fingerprint density at radius 2 is 1.75 bits per heavy atom. The Kier molecular flexibility index (Phi) is 4.65. The summed E-state index contributed by atoms with van der Waals surface area (Å²) in [6, 6.07) is 11.6. The molecule has 106 valence electrons. The first kappa shape index (κ1) is 14.0. The van der Waals surface area contributed by atoms with Gasteiger partial charge in [-0.1, -0.05) is 12.1 Å². The van der Waals surface area contributed by atoms with Crippen LogP contribution in [-0.2, 0) is 6.54 Å². The number of nitrogens with one attached hydrogen (secondary N) is 2. The molecule has 0 aliphatic rings. The fraction of sp³-hybridized carbons (Fsp3) is 0.267. The van der Waals surface area contributed by atoms with E-state index in [0.717, 1.165) is 28.7 Å². The minimum absolute atomic E-state index is 0.667. The van der Waals surface area contributed by atoms with Crippen LogP contribution in [0.15, 0.2) is 36.4 Å². The summed E-state index contributed by atoms with van der Waals surface area (Å²) in [6.07, 6.45) is 0. The molecular weight excluding hydrogens is 254 g/mol. The molecule has 5 nitrogen and oxygen atoms in total. The van der Waals surface area contributed by atoms with E-state index in [9.17, 15) is 0 Å². The number of benzene rings is 1. The maximum Gasteiger partial charge on any atom is 0.161 e. The summed E-state index contributed by atoms with van der Waals surface area (Å²) in [7, 11) is 5.11. The maximum atomic E-state index is 5.29. The summed E-state index contributed by atoms with van der Waals surface area (Å²) in [5.74, 6) is 3.12. The normalized spacial score (nSPS) is 9.95. The molecule has 1 heterocycles. The summed E-state index contributed by atoms with van der Waals surface area (Å²) in [6.45, 7) is 0.667. The smallest absolute Gasteiger partial charge is 0.161 e. The molecule has 0 fully saturated rings. The van der Waals surface area contributed by atoms with E-state index in [1.54, 1.807) is 14.2 Å². The van der Waals surface area contributed by atoms with Gasteiger partial charge >= 0.3 is 0 Å². The van der Waals surface area contributed by atoms with Gasteiger partial charge in [0.2, 0.25) is 0 Å². The third-order valence-electron chi connectivity index (χ3n) is 2.93. The highest BCUT2D eigenvalue weighted by Gasteiger charge is 2.04. The molecule has 0 saturated heterocycles. The number of anilines is 2. The van der Waals surface area contributed by atoms with E-state index in [4.69, 9.17) is 9.47 Å². The number of ether oxygens (including phenoxy) is 2. The third kappa shape index (κ3) is 3.32. The van der Waals surface area contributed by atoms with Crippen molar-refractivity contribution in [1.29, 1.82) is 0 Å². The number of rotatable bonds is 6. The molecule has 5 heteroatoms. The molecule has 0 amide bonds. The van der Waals surface area contributed by atoms with E-state index in [2.05, 4.69) is 15.6 Å². The van der Waals surface area contributed by atoms with Crippen LogP contribution in [0.1, 0.15) is 5.56 Å². The van der Waals surface area contributed by atoms with Crippen molar-refractivity contribution in [3.8, 4) is 11.5 Å². The molecule has 20 heavy (non-hydrogen) atoms. The second-order valence-corrected chi connectivity index (χ2v) is 4.20. The minimum atomic E-state index is 0.667. The lowest BCUT2D eigenvalue weighted by Crippen LogP contribution is -2.03. The van der Waals surface area contributed by atoms with Crippen molar-refractivity contribution in [2.45, 2.75) is 6.54 Å². The Morgan fingerprint density at radius 3 is 2.45 bits per heavy atom. The highest BCUT2D eigenvalue weighted by molar-refractivity contribution is 5.47. The van der Waals surface area contributed by atoms with Crippen LogP contribution in [-0.4, -0.2) is 26.3 Å². The van der Waals surface area contributed by atoms with Crippen LogP contribution >= 0.6 is 0 Å². The van der Waals surface area contributed by atoms with E-state index < -0.39 is 0 Å². The summed E-state index contributed by atoms with van der Waals surface area (Å²) in [5.41, 5.74) is 1.10. The van der Waals surface area contributed by atoms with Gasteiger partial charge in [-0.25, -0.2) is 4.98 Å². The number of nitrogens with zero attached hydrogens (tertiary/aromatic N) is 1. The van der Waals surface area contributed by atoms with E-state index >= 15 is 0 Å². The maximum absolute atomic E-state index is 5.29. The topological polar surface area (TPSA) is 55.4 Å². The fourth-order valence-corrected chi connectivity index (χ4v) is 1.86. The average Bonchev–Trinajstić information content (AvgIpc) is 2.52. The standard InChI is InChI=1S/C15H19N3O2/c1-16-14-5-4-6-15(18-14)17-10-11-7-8-12(19-2)13(9-11)20-3/h4-9H,10H2,1-3H3,(H2,16,17,18). The van der Waals surface area contributed by atoms with Crippen molar-refractivity contribution in [3.05, 3.63) is 42.0 Å². The van der Waals surface area contributed by atoms with Crippen LogP contribution in [0.3, 0.4) is 0 Å². The van der Waals surface area contributed by atoms with Crippen molar-refractivity contribution in [2.24, 2.45) is 0 Å². The molecule has 2 aromatic rings. The van der Waals surface area contributed by atoms with Gasteiger partial charge in [0.15, 0.2) is 11.5 Å².